The molecule has 0 unspecified atom stereocenters. The summed E-state index contributed by atoms with van der Waals surface area (Å²) in [6.45, 7) is 0.224. The summed E-state index contributed by atoms with van der Waals surface area (Å²) in [6.07, 6.45) is 2.97. The normalized spacial score (nSPS) is 10.2. The Hall–Kier alpha value is -2.08. The minimum atomic E-state index is -0.237. The number of aromatic nitrogens is 4. The minimum absolute atomic E-state index is 0.224. The van der Waals surface area contributed by atoms with E-state index < -0.39 is 0 Å². The van der Waals surface area contributed by atoms with Crippen LogP contribution in [0.25, 0.3) is 11.5 Å². The number of nitrogens with two attached hydrogens (primary N) is 1. The summed E-state index contributed by atoms with van der Waals surface area (Å²) in [7, 11) is 0. The number of aromatic amines is 1. The van der Waals surface area contributed by atoms with Crippen molar-refractivity contribution in [1.29, 1.82) is 0 Å². The van der Waals surface area contributed by atoms with Gasteiger partial charge < -0.3 is 10.7 Å². The molecule has 0 saturated heterocycles. The molecule has 0 aromatic carbocycles. The second-order valence-corrected chi connectivity index (χ2v) is 2.88. The maximum atomic E-state index is 11.2. The summed E-state index contributed by atoms with van der Waals surface area (Å²) in [5.41, 5.74) is 6.28. The number of rotatable bonds is 2. The number of hydrogen-bond acceptors (Lipinski definition) is 5. The van der Waals surface area contributed by atoms with Gasteiger partial charge in [-0.3, -0.25) is 4.79 Å². The van der Waals surface area contributed by atoms with E-state index in [2.05, 4.69) is 19.9 Å². The number of H-pyrrole nitrogens is 1. The Morgan fingerprint density at radius 1 is 1.47 bits per heavy atom. The molecule has 0 amide bonds. The van der Waals surface area contributed by atoms with Crippen molar-refractivity contribution in [3.63, 3.8) is 0 Å². The second kappa shape index (κ2) is 3.97. The second-order valence-electron chi connectivity index (χ2n) is 2.88. The molecule has 6 nitrogen and oxygen atoms in total. The molecule has 2 aromatic heterocycles. The van der Waals surface area contributed by atoms with E-state index in [1.165, 1.54) is 12.4 Å². The van der Waals surface area contributed by atoms with E-state index in [0.717, 1.165) is 0 Å². The van der Waals surface area contributed by atoms with Crippen molar-refractivity contribution in [2.45, 2.75) is 6.54 Å². The standard InChI is InChI=1S/C9H9N5O/c10-4-6-3-8(15)14-9(13-6)7-1-2-11-5-12-7/h1-3,5H,4,10H2,(H,13,14,15). The van der Waals surface area contributed by atoms with Crippen LogP contribution in [-0.2, 0) is 6.54 Å². The minimum Gasteiger partial charge on any atom is -0.325 e. The maximum Gasteiger partial charge on any atom is 0.251 e. The highest BCUT2D eigenvalue weighted by Gasteiger charge is 2.03. The highest BCUT2D eigenvalue weighted by Crippen LogP contribution is 2.07. The molecule has 0 aliphatic carbocycles. The topological polar surface area (TPSA) is 97.6 Å². The van der Waals surface area contributed by atoms with Gasteiger partial charge in [-0.15, -0.1) is 0 Å². The van der Waals surface area contributed by atoms with E-state index in [4.69, 9.17) is 5.73 Å². The van der Waals surface area contributed by atoms with Crippen molar-refractivity contribution in [3.8, 4) is 11.5 Å². The fourth-order valence-electron chi connectivity index (χ4n) is 1.16. The number of hydrogen-bond donors (Lipinski definition) is 2. The van der Waals surface area contributed by atoms with Gasteiger partial charge in [0.25, 0.3) is 5.56 Å². The summed E-state index contributed by atoms with van der Waals surface area (Å²) in [6, 6.07) is 3.03. The molecule has 76 valence electrons. The highest BCUT2D eigenvalue weighted by molar-refractivity contribution is 5.47. The Bertz CT molecular complexity index is 507. The first-order valence-corrected chi connectivity index (χ1v) is 4.36. The molecule has 0 saturated carbocycles. The lowest BCUT2D eigenvalue weighted by molar-refractivity contribution is 0.949. The van der Waals surface area contributed by atoms with E-state index in [1.807, 2.05) is 0 Å². The fourth-order valence-corrected chi connectivity index (χ4v) is 1.16. The molecule has 0 bridgehead atoms. The van der Waals surface area contributed by atoms with E-state index >= 15 is 0 Å². The molecule has 0 aliphatic rings. The van der Waals surface area contributed by atoms with Crippen LogP contribution in [0.4, 0.5) is 0 Å². The van der Waals surface area contributed by atoms with E-state index in [1.54, 1.807) is 12.3 Å². The van der Waals surface area contributed by atoms with E-state index in [9.17, 15) is 4.79 Å². The fraction of sp³-hybridized carbons (Fsp3) is 0.111. The lowest BCUT2D eigenvalue weighted by Crippen LogP contribution is -2.13. The van der Waals surface area contributed by atoms with Gasteiger partial charge in [0.2, 0.25) is 0 Å². The third kappa shape index (κ3) is 2.05. The number of nitrogens with one attached hydrogen (secondary N) is 1. The molecule has 2 heterocycles. The first-order valence-electron chi connectivity index (χ1n) is 4.36. The molecule has 0 aliphatic heterocycles. The van der Waals surface area contributed by atoms with Crippen molar-refractivity contribution in [1.82, 2.24) is 19.9 Å². The van der Waals surface area contributed by atoms with Gasteiger partial charge in [0.1, 0.15) is 12.0 Å². The summed E-state index contributed by atoms with van der Waals surface area (Å²) in [5, 5.41) is 0. The predicted octanol–water partition coefficient (Wildman–Crippen LogP) is -0.314. The lowest BCUT2D eigenvalue weighted by atomic mass is 10.3. The Morgan fingerprint density at radius 3 is 3.00 bits per heavy atom. The maximum absolute atomic E-state index is 11.2. The van der Waals surface area contributed by atoms with Crippen molar-refractivity contribution < 1.29 is 0 Å². The van der Waals surface area contributed by atoms with Gasteiger partial charge in [-0.05, 0) is 6.07 Å². The Kier molecular flexibility index (Phi) is 2.51. The van der Waals surface area contributed by atoms with Crippen LogP contribution < -0.4 is 11.3 Å². The molecule has 6 heteroatoms. The zero-order valence-corrected chi connectivity index (χ0v) is 7.84. The zero-order valence-electron chi connectivity index (χ0n) is 7.84. The summed E-state index contributed by atoms with van der Waals surface area (Å²) >= 11 is 0. The quantitative estimate of drug-likeness (QED) is 0.697. The molecule has 0 radical (unpaired) electrons. The summed E-state index contributed by atoms with van der Waals surface area (Å²) in [5.74, 6) is 0.408. The van der Waals surface area contributed by atoms with Crippen molar-refractivity contribution in [3.05, 3.63) is 40.7 Å². The van der Waals surface area contributed by atoms with E-state index in [0.29, 0.717) is 17.2 Å². The molecule has 15 heavy (non-hydrogen) atoms. The third-order valence-corrected chi connectivity index (χ3v) is 1.83. The molecule has 3 N–H and O–H groups in total. The largest absolute Gasteiger partial charge is 0.325 e. The SMILES string of the molecule is NCc1cc(=O)[nH]c(-c2ccncn2)n1. The lowest BCUT2D eigenvalue weighted by Gasteiger charge is -2.00. The van der Waals surface area contributed by atoms with Crippen LogP contribution in [0.5, 0.6) is 0 Å². The molecule has 0 spiro atoms. The smallest absolute Gasteiger partial charge is 0.251 e. The Balaban J connectivity index is 2.54. The highest BCUT2D eigenvalue weighted by atomic mass is 16.1. The third-order valence-electron chi connectivity index (χ3n) is 1.83. The van der Waals surface area contributed by atoms with Gasteiger partial charge in [-0.1, -0.05) is 0 Å². The van der Waals surface area contributed by atoms with Crippen LogP contribution in [0, 0.1) is 0 Å². The van der Waals surface area contributed by atoms with Crippen molar-refractivity contribution in [2.75, 3.05) is 0 Å². The number of nitrogens with zero attached hydrogens (tertiary/aromatic N) is 3. The van der Waals surface area contributed by atoms with Crippen molar-refractivity contribution >= 4 is 0 Å². The summed E-state index contributed by atoms with van der Waals surface area (Å²) in [4.78, 5) is 25.7. The van der Waals surface area contributed by atoms with Gasteiger partial charge in [0.05, 0.1) is 5.69 Å². The summed E-state index contributed by atoms with van der Waals surface area (Å²) < 4.78 is 0. The first-order chi connectivity index (χ1) is 7.29. The van der Waals surface area contributed by atoms with Gasteiger partial charge in [-0.2, -0.15) is 0 Å². The Labute approximate surface area is 85.2 Å². The predicted molar refractivity (Wildman–Crippen MR) is 53.8 cm³/mol. The van der Waals surface area contributed by atoms with Crippen LogP contribution in [0.3, 0.4) is 0 Å². The monoisotopic (exact) mass is 203 g/mol. The van der Waals surface area contributed by atoms with Gasteiger partial charge >= 0.3 is 0 Å². The van der Waals surface area contributed by atoms with Crippen LogP contribution in [0.15, 0.2) is 29.5 Å². The molecule has 0 atom stereocenters. The zero-order chi connectivity index (χ0) is 10.7. The molecule has 0 fully saturated rings. The molecule has 2 rings (SSSR count). The van der Waals surface area contributed by atoms with Crippen LogP contribution in [0.2, 0.25) is 0 Å². The van der Waals surface area contributed by atoms with Gasteiger partial charge in [0, 0.05) is 18.8 Å². The average molecular weight is 203 g/mol. The van der Waals surface area contributed by atoms with E-state index in [-0.39, 0.29) is 12.1 Å². The molecular weight excluding hydrogens is 194 g/mol. The van der Waals surface area contributed by atoms with Crippen LogP contribution in [0.1, 0.15) is 5.69 Å². The van der Waals surface area contributed by atoms with Crippen LogP contribution in [-0.4, -0.2) is 19.9 Å². The molecule has 2 aromatic rings. The van der Waals surface area contributed by atoms with Gasteiger partial charge in [0.15, 0.2) is 5.82 Å². The van der Waals surface area contributed by atoms with Gasteiger partial charge in [-0.25, -0.2) is 15.0 Å². The Morgan fingerprint density at radius 2 is 2.33 bits per heavy atom. The van der Waals surface area contributed by atoms with Crippen LogP contribution >= 0.6 is 0 Å². The molecular formula is C9H9N5O. The first kappa shape index (κ1) is 9.47. The average Bonchev–Trinajstić information content (AvgIpc) is 2.29. The van der Waals surface area contributed by atoms with Crippen molar-refractivity contribution in [2.24, 2.45) is 5.73 Å².